The molecule has 19 heavy (non-hydrogen) atoms. The molecule has 0 aliphatic heterocycles. The highest BCUT2D eigenvalue weighted by Crippen LogP contribution is 2.35. The number of aliphatic carboxylic acids is 1. The Morgan fingerprint density at radius 3 is 2.68 bits per heavy atom. The Hall–Kier alpha value is -1.97. The van der Waals surface area contributed by atoms with Gasteiger partial charge >= 0.3 is 5.97 Å². The summed E-state index contributed by atoms with van der Waals surface area (Å²) in [6.45, 7) is 5.89. The number of carboxylic acid groups (broad SMARTS) is 1. The average molecular weight is 261 g/mol. The Kier molecular flexibility index (Phi) is 3.27. The topological polar surface area (TPSA) is 62.3 Å². The first-order chi connectivity index (χ1) is 8.85. The molecule has 0 bridgehead atoms. The normalized spacial score (nSPS) is 11.8. The van der Waals surface area contributed by atoms with Crippen LogP contribution in [0, 0.1) is 6.92 Å². The smallest absolute Gasteiger partial charge is 0.304 e. The molecule has 1 aromatic carbocycles. The standard InChI is InChI=1S/C15H19NO3/c1-9-8-16-14-11(9)5-10(6-12(14)19-4)15(2,3)7-13(17)18/h5-6,8,16H,7H2,1-4H3,(H,17,18). The summed E-state index contributed by atoms with van der Waals surface area (Å²) < 4.78 is 5.40. The molecule has 0 saturated carbocycles. The van der Waals surface area contributed by atoms with E-state index in [9.17, 15) is 4.79 Å². The molecule has 0 saturated heterocycles. The predicted octanol–water partition coefficient (Wildman–Crippen LogP) is 3.24. The van der Waals surface area contributed by atoms with Crippen LogP contribution in [0.25, 0.3) is 10.9 Å². The fourth-order valence-corrected chi connectivity index (χ4v) is 2.37. The van der Waals surface area contributed by atoms with E-state index < -0.39 is 11.4 Å². The number of aromatic amines is 1. The summed E-state index contributed by atoms with van der Waals surface area (Å²) in [6.07, 6.45) is 2.02. The number of benzene rings is 1. The first kappa shape index (κ1) is 13.5. The number of fused-ring (bicyclic) bond motifs is 1. The van der Waals surface area contributed by atoms with Gasteiger partial charge in [0.2, 0.25) is 0 Å². The third-order valence-corrected chi connectivity index (χ3v) is 3.55. The van der Waals surface area contributed by atoms with Gasteiger partial charge in [-0.2, -0.15) is 0 Å². The number of H-pyrrole nitrogens is 1. The van der Waals surface area contributed by atoms with Crippen LogP contribution in [0.1, 0.15) is 31.4 Å². The molecule has 2 aromatic rings. The minimum atomic E-state index is -0.796. The number of hydrogen-bond acceptors (Lipinski definition) is 2. The number of aromatic nitrogens is 1. The summed E-state index contributed by atoms with van der Waals surface area (Å²) in [5.41, 5.74) is 2.62. The van der Waals surface area contributed by atoms with Gasteiger partial charge in [0.25, 0.3) is 0 Å². The van der Waals surface area contributed by atoms with Gasteiger partial charge in [0, 0.05) is 17.0 Å². The minimum Gasteiger partial charge on any atom is -0.495 e. The zero-order valence-corrected chi connectivity index (χ0v) is 11.7. The SMILES string of the molecule is COc1cc(C(C)(C)CC(=O)O)cc2c(C)c[nH]c12. The van der Waals surface area contributed by atoms with Crippen LogP contribution in [0.2, 0.25) is 0 Å². The number of carboxylic acids is 1. The maximum Gasteiger partial charge on any atom is 0.304 e. The van der Waals surface area contributed by atoms with Crippen molar-refractivity contribution in [3.8, 4) is 5.75 Å². The second kappa shape index (κ2) is 4.61. The number of ether oxygens (including phenoxy) is 1. The predicted molar refractivity (Wildman–Crippen MR) is 74.9 cm³/mol. The average Bonchev–Trinajstić information content (AvgIpc) is 2.68. The van der Waals surface area contributed by atoms with Crippen LogP contribution < -0.4 is 4.74 Å². The van der Waals surface area contributed by atoms with Gasteiger partial charge < -0.3 is 14.8 Å². The van der Waals surface area contributed by atoms with E-state index in [1.807, 2.05) is 39.1 Å². The molecule has 0 amide bonds. The molecule has 102 valence electrons. The molecule has 0 radical (unpaired) electrons. The van der Waals surface area contributed by atoms with Crippen molar-refractivity contribution in [1.29, 1.82) is 0 Å². The van der Waals surface area contributed by atoms with Crippen molar-refractivity contribution >= 4 is 16.9 Å². The van der Waals surface area contributed by atoms with Crippen LogP contribution in [0.4, 0.5) is 0 Å². The molecule has 0 spiro atoms. The van der Waals surface area contributed by atoms with Crippen LogP contribution in [0.15, 0.2) is 18.3 Å². The molecular weight excluding hydrogens is 242 g/mol. The van der Waals surface area contributed by atoms with Gasteiger partial charge in [-0.1, -0.05) is 13.8 Å². The fraction of sp³-hybridized carbons (Fsp3) is 0.400. The number of nitrogens with one attached hydrogen (secondary N) is 1. The van der Waals surface area contributed by atoms with E-state index >= 15 is 0 Å². The van der Waals surface area contributed by atoms with Gasteiger partial charge in [-0.3, -0.25) is 4.79 Å². The lowest BCUT2D eigenvalue weighted by Crippen LogP contribution is -2.21. The van der Waals surface area contributed by atoms with Crippen molar-refractivity contribution in [2.45, 2.75) is 32.6 Å². The Morgan fingerprint density at radius 2 is 2.11 bits per heavy atom. The highest BCUT2D eigenvalue weighted by molar-refractivity contribution is 5.89. The Labute approximate surface area is 112 Å². The number of methoxy groups -OCH3 is 1. The van der Waals surface area contributed by atoms with Crippen LogP contribution in [0.5, 0.6) is 5.75 Å². The number of hydrogen-bond donors (Lipinski definition) is 2. The van der Waals surface area contributed by atoms with Crippen molar-refractivity contribution in [2.24, 2.45) is 0 Å². The molecule has 0 fully saturated rings. The Balaban J connectivity index is 2.61. The zero-order chi connectivity index (χ0) is 14.2. The number of rotatable bonds is 4. The largest absolute Gasteiger partial charge is 0.495 e. The van der Waals surface area contributed by atoms with Crippen LogP contribution >= 0.6 is 0 Å². The third-order valence-electron chi connectivity index (χ3n) is 3.55. The lowest BCUT2D eigenvalue weighted by molar-refractivity contribution is -0.138. The van der Waals surface area contributed by atoms with E-state index in [1.54, 1.807) is 7.11 Å². The van der Waals surface area contributed by atoms with Gasteiger partial charge in [-0.15, -0.1) is 0 Å². The first-order valence-corrected chi connectivity index (χ1v) is 6.23. The highest BCUT2D eigenvalue weighted by atomic mass is 16.5. The molecule has 0 aliphatic rings. The molecule has 2 rings (SSSR count). The minimum absolute atomic E-state index is 0.0884. The highest BCUT2D eigenvalue weighted by Gasteiger charge is 2.26. The van der Waals surface area contributed by atoms with E-state index in [1.165, 1.54) is 0 Å². The third kappa shape index (κ3) is 2.43. The maximum absolute atomic E-state index is 11.0. The van der Waals surface area contributed by atoms with Crippen LogP contribution in [0.3, 0.4) is 0 Å². The lowest BCUT2D eigenvalue weighted by atomic mass is 9.81. The fourth-order valence-electron chi connectivity index (χ4n) is 2.37. The van der Waals surface area contributed by atoms with Gasteiger partial charge in [-0.05, 0) is 30.2 Å². The van der Waals surface area contributed by atoms with E-state index in [0.717, 1.165) is 27.8 Å². The summed E-state index contributed by atoms with van der Waals surface area (Å²) in [5, 5.41) is 10.1. The molecule has 0 aliphatic carbocycles. The van der Waals surface area contributed by atoms with Crippen molar-refractivity contribution in [1.82, 2.24) is 4.98 Å². The zero-order valence-electron chi connectivity index (χ0n) is 11.7. The summed E-state index contributed by atoms with van der Waals surface area (Å²) in [6, 6.07) is 3.97. The summed E-state index contributed by atoms with van der Waals surface area (Å²) >= 11 is 0. The van der Waals surface area contributed by atoms with Crippen molar-refractivity contribution in [2.75, 3.05) is 7.11 Å². The van der Waals surface area contributed by atoms with Gasteiger partial charge in [0.15, 0.2) is 0 Å². The summed E-state index contributed by atoms with van der Waals surface area (Å²) in [4.78, 5) is 14.2. The molecular formula is C15H19NO3. The Morgan fingerprint density at radius 1 is 1.42 bits per heavy atom. The van der Waals surface area contributed by atoms with Crippen molar-refractivity contribution in [3.05, 3.63) is 29.5 Å². The molecule has 4 heteroatoms. The maximum atomic E-state index is 11.0. The van der Waals surface area contributed by atoms with Crippen molar-refractivity contribution < 1.29 is 14.6 Å². The second-order valence-corrected chi connectivity index (χ2v) is 5.53. The van der Waals surface area contributed by atoms with Gasteiger partial charge in [-0.25, -0.2) is 0 Å². The van der Waals surface area contributed by atoms with E-state index in [4.69, 9.17) is 9.84 Å². The number of aryl methyl sites for hydroxylation is 1. The molecule has 4 nitrogen and oxygen atoms in total. The quantitative estimate of drug-likeness (QED) is 0.888. The van der Waals surface area contributed by atoms with Gasteiger partial charge in [0.1, 0.15) is 5.75 Å². The lowest BCUT2D eigenvalue weighted by Gasteiger charge is -2.24. The Bertz CT molecular complexity index is 626. The van der Waals surface area contributed by atoms with E-state index in [-0.39, 0.29) is 6.42 Å². The first-order valence-electron chi connectivity index (χ1n) is 6.23. The van der Waals surface area contributed by atoms with Gasteiger partial charge in [0.05, 0.1) is 19.0 Å². The molecule has 0 unspecified atom stereocenters. The van der Waals surface area contributed by atoms with Crippen LogP contribution in [-0.4, -0.2) is 23.2 Å². The number of carbonyl (C=O) groups is 1. The summed E-state index contributed by atoms with van der Waals surface area (Å²) in [7, 11) is 1.62. The monoisotopic (exact) mass is 261 g/mol. The second-order valence-electron chi connectivity index (χ2n) is 5.53. The van der Waals surface area contributed by atoms with E-state index in [2.05, 4.69) is 4.98 Å². The molecule has 0 atom stereocenters. The van der Waals surface area contributed by atoms with Crippen LogP contribution in [-0.2, 0) is 10.2 Å². The summed E-state index contributed by atoms with van der Waals surface area (Å²) in [5.74, 6) is -0.0473. The van der Waals surface area contributed by atoms with Crippen molar-refractivity contribution in [3.63, 3.8) is 0 Å². The molecule has 1 heterocycles. The van der Waals surface area contributed by atoms with E-state index in [0.29, 0.717) is 0 Å². The molecule has 1 aromatic heterocycles. The molecule has 2 N–H and O–H groups in total.